The number of aryl methyl sites for hydroxylation is 1. The standard InChI is InChI=1S/C11H14FNO2S/c1-8-6-9(12)2-3-11(8)16(14,15)10-4-5-13-7-10/h2-3,6,10,13H,4-5,7H2,1H3. The van der Waals surface area contributed by atoms with Crippen molar-refractivity contribution in [2.24, 2.45) is 0 Å². The molecule has 1 unspecified atom stereocenters. The lowest BCUT2D eigenvalue weighted by Crippen LogP contribution is -2.24. The molecule has 1 saturated heterocycles. The fraction of sp³-hybridized carbons (Fsp3) is 0.455. The first-order chi connectivity index (χ1) is 7.51. The van der Waals surface area contributed by atoms with Crippen LogP contribution in [0.3, 0.4) is 0 Å². The van der Waals surface area contributed by atoms with Gasteiger partial charge in [-0.05, 0) is 43.7 Å². The third-order valence-electron chi connectivity index (χ3n) is 2.90. The van der Waals surface area contributed by atoms with E-state index < -0.39 is 15.7 Å². The minimum atomic E-state index is -3.32. The second kappa shape index (κ2) is 4.14. The average Bonchev–Trinajstić information content (AvgIpc) is 2.69. The summed E-state index contributed by atoms with van der Waals surface area (Å²) in [4.78, 5) is 0.252. The van der Waals surface area contributed by atoms with Crippen molar-refractivity contribution in [1.82, 2.24) is 5.32 Å². The maximum absolute atomic E-state index is 12.9. The summed E-state index contributed by atoms with van der Waals surface area (Å²) in [7, 11) is -3.32. The summed E-state index contributed by atoms with van der Waals surface area (Å²) in [5.41, 5.74) is 0.479. The van der Waals surface area contributed by atoms with Gasteiger partial charge in [0, 0.05) is 6.54 Å². The first-order valence-electron chi connectivity index (χ1n) is 5.22. The van der Waals surface area contributed by atoms with Crippen molar-refractivity contribution in [2.75, 3.05) is 13.1 Å². The highest BCUT2D eigenvalue weighted by molar-refractivity contribution is 7.92. The van der Waals surface area contributed by atoms with Crippen molar-refractivity contribution in [2.45, 2.75) is 23.5 Å². The Morgan fingerprint density at radius 3 is 2.75 bits per heavy atom. The van der Waals surface area contributed by atoms with Crippen molar-refractivity contribution >= 4 is 9.84 Å². The molecule has 0 spiro atoms. The fourth-order valence-corrected chi connectivity index (χ4v) is 3.89. The fourth-order valence-electron chi connectivity index (χ4n) is 2.00. The Labute approximate surface area is 94.6 Å². The summed E-state index contributed by atoms with van der Waals surface area (Å²) in [6.07, 6.45) is 0.624. The second-order valence-corrected chi connectivity index (χ2v) is 6.27. The van der Waals surface area contributed by atoms with Crippen molar-refractivity contribution < 1.29 is 12.8 Å². The maximum Gasteiger partial charge on any atom is 0.182 e. The van der Waals surface area contributed by atoms with E-state index in [0.29, 0.717) is 18.5 Å². The zero-order chi connectivity index (χ0) is 11.8. The van der Waals surface area contributed by atoms with Crippen LogP contribution in [-0.2, 0) is 9.84 Å². The maximum atomic E-state index is 12.9. The quantitative estimate of drug-likeness (QED) is 0.796. The van der Waals surface area contributed by atoms with E-state index in [0.717, 1.165) is 6.54 Å². The van der Waals surface area contributed by atoms with Gasteiger partial charge in [-0.1, -0.05) is 0 Å². The molecule has 1 N–H and O–H groups in total. The van der Waals surface area contributed by atoms with E-state index in [4.69, 9.17) is 0 Å². The smallest absolute Gasteiger partial charge is 0.182 e. The van der Waals surface area contributed by atoms with E-state index in [2.05, 4.69) is 5.32 Å². The number of nitrogens with one attached hydrogen (secondary N) is 1. The van der Waals surface area contributed by atoms with E-state index >= 15 is 0 Å². The topological polar surface area (TPSA) is 46.2 Å². The number of hydrogen-bond donors (Lipinski definition) is 1. The van der Waals surface area contributed by atoms with Gasteiger partial charge in [0.25, 0.3) is 0 Å². The summed E-state index contributed by atoms with van der Waals surface area (Å²) in [5, 5.41) is 2.65. The lowest BCUT2D eigenvalue weighted by atomic mass is 10.2. The van der Waals surface area contributed by atoms with Gasteiger partial charge in [-0.3, -0.25) is 0 Å². The summed E-state index contributed by atoms with van der Waals surface area (Å²) >= 11 is 0. The van der Waals surface area contributed by atoms with Gasteiger partial charge in [-0.25, -0.2) is 12.8 Å². The van der Waals surface area contributed by atoms with Crippen molar-refractivity contribution in [3.8, 4) is 0 Å². The molecule has 5 heteroatoms. The monoisotopic (exact) mass is 243 g/mol. The number of benzene rings is 1. The zero-order valence-electron chi connectivity index (χ0n) is 9.03. The average molecular weight is 243 g/mol. The van der Waals surface area contributed by atoms with Gasteiger partial charge < -0.3 is 5.32 Å². The van der Waals surface area contributed by atoms with Crippen LogP contribution in [0.2, 0.25) is 0 Å². The first kappa shape index (κ1) is 11.5. The van der Waals surface area contributed by atoms with E-state index in [9.17, 15) is 12.8 Å². The van der Waals surface area contributed by atoms with E-state index in [1.54, 1.807) is 6.92 Å². The van der Waals surface area contributed by atoms with Crippen LogP contribution < -0.4 is 5.32 Å². The van der Waals surface area contributed by atoms with Gasteiger partial charge in [-0.15, -0.1) is 0 Å². The molecule has 1 fully saturated rings. The molecule has 0 saturated carbocycles. The van der Waals surface area contributed by atoms with Crippen LogP contribution in [-0.4, -0.2) is 26.8 Å². The molecule has 1 aromatic rings. The molecule has 0 aromatic heterocycles. The Morgan fingerprint density at radius 2 is 2.19 bits per heavy atom. The molecule has 16 heavy (non-hydrogen) atoms. The normalized spacial score (nSPS) is 21.2. The van der Waals surface area contributed by atoms with Crippen LogP contribution in [0.4, 0.5) is 4.39 Å². The SMILES string of the molecule is Cc1cc(F)ccc1S(=O)(=O)C1CCNC1. The van der Waals surface area contributed by atoms with E-state index in [-0.39, 0.29) is 10.1 Å². The predicted octanol–water partition coefficient (Wildman–Crippen LogP) is 1.27. The molecule has 1 atom stereocenters. The van der Waals surface area contributed by atoms with Crippen LogP contribution >= 0.6 is 0 Å². The number of hydrogen-bond acceptors (Lipinski definition) is 3. The number of sulfone groups is 1. The predicted molar refractivity (Wildman–Crippen MR) is 59.6 cm³/mol. The lowest BCUT2D eigenvalue weighted by molar-refractivity contribution is 0.581. The van der Waals surface area contributed by atoms with Gasteiger partial charge in [0.15, 0.2) is 9.84 Å². The van der Waals surface area contributed by atoms with Gasteiger partial charge in [0.2, 0.25) is 0 Å². The third-order valence-corrected chi connectivity index (χ3v) is 5.25. The van der Waals surface area contributed by atoms with Crippen LogP contribution in [0, 0.1) is 12.7 Å². The van der Waals surface area contributed by atoms with Crippen LogP contribution in [0.1, 0.15) is 12.0 Å². The highest BCUT2D eigenvalue weighted by Crippen LogP contribution is 2.23. The molecular formula is C11H14FNO2S. The van der Waals surface area contributed by atoms with Crippen LogP contribution in [0.25, 0.3) is 0 Å². The molecule has 0 aliphatic carbocycles. The Hall–Kier alpha value is -0.940. The summed E-state index contributed by atoms with van der Waals surface area (Å²) in [6, 6.07) is 3.82. The van der Waals surface area contributed by atoms with Gasteiger partial charge in [0.1, 0.15) is 5.82 Å². The van der Waals surface area contributed by atoms with Crippen LogP contribution in [0.15, 0.2) is 23.1 Å². The van der Waals surface area contributed by atoms with Gasteiger partial charge in [-0.2, -0.15) is 0 Å². The van der Waals surface area contributed by atoms with Crippen molar-refractivity contribution in [3.63, 3.8) is 0 Å². The first-order valence-corrected chi connectivity index (χ1v) is 6.77. The van der Waals surface area contributed by atoms with Crippen molar-refractivity contribution in [1.29, 1.82) is 0 Å². The third kappa shape index (κ3) is 1.97. The molecule has 0 bridgehead atoms. The highest BCUT2D eigenvalue weighted by atomic mass is 32.2. The molecule has 0 amide bonds. The highest BCUT2D eigenvalue weighted by Gasteiger charge is 2.31. The summed E-state index contributed by atoms with van der Waals surface area (Å²) in [5.74, 6) is -0.402. The largest absolute Gasteiger partial charge is 0.315 e. The molecule has 3 nitrogen and oxygen atoms in total. The molecular weight excluding hydrogens is 229 g/mol. The van der Waals surface area contributed by atoms with E-state index in [1.165, 1.54) is 18.2 Å². The minimum absolute atomic E-state index is 0.252. The molecule has 88 valence electrons. The van der Waals surface area contributed by atoms with Crippen LogP contribution in [0.5, 0.6) is 0 Å². The summed E-state index contributed by atoms with van der Waals surface area (Å²) in [6.45, 7) is 2.83. The Balaban J connectivity index is 2.42. The molecule has 1 heterocycles. The second-order valence-electron chi connectivity index (χ2n) is 4.07. The Morgan fingerprint density at radius 1 is 1.44 bits per heavy atom. The Bertz CT molecular complexity index is 493. The molecule has 0 radical (unpaired) electrons. The van der Waals surface area contributed by atoms with E-state index in [1.807, 2.05) is 0 Å². The molecule has 1 aliphatic rings. The zero-order valence-corrected chi connectivity index (χ0v) is 9.85. The van der Waals surface area contributed by atoms with Gasteiger partial charge >= 0.3 is 0 Å². The van der Waals surface area contributed by atoms with Crippen molar-refractivity contribution in [3.05, 3.63) is 29.6 Å². The Kier molecular flexibility index (Phi) is 2.99. The lowest BCUT2D eigenvalue weighted by Gasteiger charge is -2.12. The number of rotatable bonds is 2. The molecule has 2 rings (SSSR count). The summed E-state index contributed by atoms with van der Waals surface area (Å²) < 4.78 is 37.3. The molecule has 1 aromatic carbocycles. The number of halogens is 1. The van der Waals surface area contributed by atoms with Gasteiger partial charge in [0.05, 0.1) is 10.1 Å². The molecule has 1 aliphatic heterocycles. The minimum Gasteiger partial charge on any atom is -0.315 e.